The Morgan fingerprint density at radius 3 is 2.68 bits per heavy atom. The number of benzene rings is 1. The highest BCUT2D eigenvalue weighted by atomic mass is 32.1. The molecule has 1 aromatic carbocycles. The summed E-state index contributed by atoms with van der Waals surface area (Å²) >= 11 is 1.58. The number of rotatable bonds is 8. The molecule has 0 saturated heterocycles. The van der Waals surface area contributed by atoms with Crippen molar-refractivity contribution in [3.8, 4) is 5.75 Å². The molecule has 1 heterocycles. The van der Waals surface area contributed by atoms with E-state index in [0.717, 1.165) is 23.0 Å². The van der Waals surface area contributed by atoms with Gasteiger partial charge in [-0.15, -0.1) is 11.3 Å². The van der Waals surface area contributed by atoms with Crippen LogP contribution in [0.25, 0.3) is 0 Å². The highest BCUT2D eigenvalue weighted by molar-refractivity contribution is 7.09. The summed E-state index contributed by atoms with van der Waals surface area (Å²) in [6, 6.07) is 6.10. The van der Waals surface area contributed by atoms with E-state index < -0.39 is 0 Å². The van der Waals surface area contributed by atoms with E-state index in [1.54, 1.807) is 11.3 Å². The number of nitrogens with zero attached hydrogens (tertiary/aromatic N) is 2. The molecule has 0 unspecified atom stereocenters. The minimum Gasteiger partial charge on any atom is -0.486 e. The second-order valence-electron chi connectivity index (χ2n) is 6.79. The van der Waals surface area contributed by atoms with Gasteiger partial charge in [-0.3, -0.25) is 4.79 Å². The molecule has 1 aromatic heterocycles. The molecule has 5 heteroatoms. The normalized spacial score (nSPS) is 11.0. The van der Waals surface area contributed by atoms with Crippen LogP contribution in [0.15, 0.2) is 23.6 Å². The Morgan fingerprint density at radius 2 is 2.04 bits per heavy atom. The van der Waals surface area contributed by atoms with Gasteiger partial charge in [0.25, 0.3) is 0 Å². The minimum atomic E-state index is 0.176. The summed E-state index contributed by atoms with van der Waals surface area (Å²) in [5.74, 6) is 1.48. The van der Waals surface area contributed by atoms with E-state index in [0.29, 0.717) is 25.5 Å². The summed E-state index contributed by atoms with van der Waals surface area (Å²) in [6.45, 7) is 12.1. The second kappa shape index (κ2) is 8.99. The van der Waals surface area contributed by atoms with Crippen LogP contribution in [0, 0.1) is 19.8 Å². The summed E-state index contributed by atoms with van der Waals surface area (Å²) in [4.78, 5) is 18.6. The second-order valence-corrected chi connectivity index (χ2v) is 7.73. The lowest BCUT2D eigenvalue weighted by molar-refractivity contribution is -0.132. The van der Waals surface area contributed by atoms with Crippen molar-refractivity contribution in [1.82, 2.24) is 9.88 Å². The van der Waals surface area contributed by atoms with Gasteiger partial charge < -0.3 is 9.64 Å². The smallest absolute Gasteiger partial charge is 0.222 e. The molecular formula is C20H28N2O2S. The molecule has 0 atom stereocenters. The summed E-state index contributed by atoms with van der Waals surface area (Å²) in [7, 11) is 0. The van der Waals surface area contributed by atoms with Crippen LogP contribution in [0.1, 0.15) is 49.0 Å². The van der Waals surface area contributed by atoms with Gasteiger partial charge in [0.15, 0.2) is 0 Å². The Hall–Kier alpha value is -1.88. The number of carbonyl (C=O) groups is 1. The molecule has 0 bridgehead atoms. The topological polar surface area (TPSA) is 42.4 Å². The van der Waals surface area contributed by atoms with Crippen molar-refractivity contribution in [2.75, 3.05) is 6.54 Å². The van der Waals surface area contributed by atoms with Gasteiger partial charge in [-0.25, -0.2) is 4.98 Å². The number of carbonyl (C=O) groups excluding carboxylic acids is 1. The average Bonchev–Trinajstić information content (AvgIpc) is 3.01. The molecule has 25 heavy (non-hydrogen) atoms. The molecule has 1 amide bonds. The predicted molar refractivity (Wildman–Crippen MR) is 103 cm³/mol. The summed E-state index contributed by atoms with van der Waals surface area (Å²) < 4.78 is 5.85. The van der Waals surface area contributed by atoms with E-state index in [2.05, 4.69) is 38.7 Å². The van der Waals surface area contributed by atoms with Crippen molar-refractivity contribution in [2.45, 2.75) is 54.2 Å². The van der Waals surface area contributed by atoms with Crippen molar-refractivity contribution in [1.29, 1.82) is 0 Å². The molecule has 2 aromatic rings. The Balaban J connectivity index is 1.96. The standard InChI is InChI=1S/C20H28N2O2S/c1-6-20(23)22(10-14(2)3)11-17-13-25-19(21-17)12-24-18-8-7-15(4)16(5)9-18/h7-9,13-14H,6,10-12H2,1-5H3. The molecule has 0 N–H and O–H groups in total. The van der Waals surface area contributed by atoms with Crippen LogP contribution in [-0.4, -0.2) is 22.3 Å². The first-order chi connectivity index (χ1) is 11.9. The number of hydrogen-bond acceptors (Lipinski definition) is 4. The average molecular weight is 361 g/mol. The molecule has 0 aliphatic rings. The Morgan fingerprint density at radius 1 is 1.28 bits per heavy atom. The first-order valence-electron chi connectivity index (χ1n) is 8.80. The zero-order valence-corrected chi connectivity index (χ0v) is 16.7. The van der Waals surface area contributed by atoms with Gasteiger partial charge in [0.05, 0.1) is 12.2 Å². The number of ether oxygens (including phenoxy) is 1. The highest BCUT2D eigenvalue weighted by Crippen LogP contribution is 2.19. The zero-order chi connectivity index (χ0) is 18.4. The van der Waals surface area contributed by atoms with Gasteiger partial charge in [0.2, 0.25) is 5.91 Å². The summed E-state index contributed by atoms with van der Waals surface area (Å²) in [5, 5.41) is 2.96. The van der Waals surface area contributed by atoms with E-state index in [4.69, 9.17) is 4.74 Å². The lowest BCUT2D eigenvalue weighted by atomic mass is 10.1. The minimum absolute atomic E-state index is 0.176. The van der Waals surface area contributed by atoms with Crippen LogP contribution < -0.4 is 4.74 Å². The third-order valence-electron chi connectivity index (χ3n) is 4.03. The lowest BCUT2D eigenvalue weighted by Gasteiger charge is -2.23. The molecule has 0 aliphatic heterocycles. The number of aryl methyl sites for hydroxylation is 2. The van der Waals surface area contributed by atoms with Crippen LogP contribution in [-0.2, 0) is 17.9 Å². The third kappa shape index (κ3) is 5.85. The number of thiazole rings is 1. The number of aromatic nitrogens is 1. The molecular weight excluding hydrogens is 332 g/mol. The van der Waals surface area contributed by atoms with Crippen LogP contribution >= 0.6 is 11.3 Å². The molecule has 4 nitrogen and oxygen atoms in total. The highest BCUT2D eigenvalue weighted by Gasteiger charge is 2.15. The SMILES string of the molecule is CCC(=O)N(Cc1csc(COc2ccc(C)c(C)c2)n1)CC(C)C. The van der Waals surface area contributed by atoms with Crippen molar-refractivity contribution in [3.63, 3.8) is 0 Å². The predicted octanol–water partition coefficient (Wildman–Crippen LogP) is 4.73. The molecule has 0 radical (unpaired) electrons. The maximum Gasteiger partial charge on any atom is 0.222 e. The maximum atomic E-state index is 12.1. The molecule has 0 saturated carbocycles. The summed E-state index contributed by atoms with van der Waals surface area (Å²) in [6.07, 6.45) is 0.527. The molecule has 0 aliphatic carbocycles. The number of hydrogen-bond donors (Lipinski definition) is 0. The van der Waals surface area contributed by atoms with Gasteiger partial charge in [-0.1, -0.05) is 26.8 Å². The largest absolute Gasteiger partial charge is 0.486 e. The van der Waals surface area contributed by atoms with Gasteiger partial charge in [0, 0.05) is 18.3 Å². The van der Waals surface area contributed by atoms with Gasteiger partial charge in [-0.05, 0) is 43.0 Å². The first kappa shape index (κ1) is 19.4. The van der Waals surface area contributed by atoms with Gasteiger partial charge >= 0.3 is 0 Å². The van der Waals surface area contributed by atoms with Crippen LogP contribution in [0.3, 0.4) is 0 Å². The van der Waals surface area contributed by atoms with Gasteiger partial charge in [0.1, 0.15) is 17.4 Å². The third-order valence-corrected chi connectivity index (χ3v) is 4.90. The Bertz CT molecular complexity index is 709. The van der Waals surface area contributed by atoms with Crippen LogP contribution in [0.4, 0.5) is 0 Å². The van der Waals surface area contributed by atoms with Crippen molar-refractivity contribution < 1.29 is 9.53 Å². The quantitative estimate of drug-likeness (QED) is 0.683. The van der Waals surface area contributed by atoms with Crippen LogP contribution in [0.5, 0.6) is 5.75 Å². The summed E-state index contributed by atoms with van der Waals surface area (Å²) in [5.41, 5.74) is 3.42. The lowest BCUT2D eigenvalue weighted by Crippen LogP contribution is -2.33. The van der Waals surface area contributed by atoms with Crippen molar-refractivity contribution >= 4 is 17.2 Å². The maximum absolute atomic E-state index is 12.1. The van der Waals surface area contributed by atoms with E-state index in [1.807, 2.05) is 29.3 Å². The van der Waals surface area contributed by atoms with Gasteiger partial charge in [-0.2, -0.15) is 0 Å². The van der Waals surface area contributed by atoms with E-state index >= 15 is 0 Å². The Labute approximate surface area is 154 Å². The fraction of sp³-hybridized carbons (Fsp3) is 0.500. The number of amides is 1. The molecule has 136 valence electrons. The van der Waals surface area contributed by atoms with E-state index in [1.165, 1.54) is 11.1 Å². The fourth-order valence-corrected chi connectivity index (χ4v) is 3.25. The zero-order valence-electron chi connectivity index (χ0n) is 15.8. The molecule has 0 spiro atoms. The van der Waals surface area contributed by atoms with E-state index in [-0.39, 0.29) is 5.91 Å². The van der Waals surface area contributed by atoms with Crippen molar-refractivity contribution in [3.05, 3.63) is 45.4 Å². The first-order valence-corrected chi connectivity index (χ1v) is 9.68. The monoisotopic (exact) mass is 360 g/mol. The van der Waals surface area contributed by atoms with Crippen LogP contribution in [0.2, 0.25) is 0 Å². The molecule has 0 fully saturated rings. The molecule has 2 rings (SSSR count). The van der Waals surface area contributed by atoms with E-state index in [9.17, 15) is 4.79 Å². The van der Waals surface area contributed by atoms with Crippen molar-refractivity contribution in [2.24, 2.45) is 5.92 Å². The Kier molecular flexibility index (Phi) is 7.00. The fourth-order valence-electron chi connectivity index (χ4n) is 2.55.